The minimum atomic E-state index is -0.0944. The van der Waals surface area contributed by atoms with Crippen LogP contribution in [0.5, 0.6) is 0 Å². The number of oxime groups is 1. The van der Waals surface area contributed by atoms with Crippen molar-refractivity contribution >= 4 is 28.5 Å². The van der Waals surface area contributed by atoms with Gasteiger partial charge in [0.1, 0.15) is 5.82 Å². The molecule has 2 fully saturated rings. The molecule has 0 bridgehead atoms. The number of fused-ring (bicyclic) bond motifs is 5. The van der Waals surface area contributed by atoms with E-state index >= 15 is 0 Å². The quantitative estimate of drug-likeness (QED) is 0.486. The van der Waals surface area contributed by atoms with Gasteiger partial charge in [-0.1, -0.05) is 36.0 Å². The zero-order valence-corrected chi connectivity index (χ0v) is 19.5. The molecule has 3 unspecified atom stereocenters. The number of aliphatic imine (C=N–C) groups is 1. The molecule has 0 spiro atoms. The van der Waals surface area contributed by atoms with Crippen LogP contribution in [0.2, 0.25) is 0 Å². The van der Waals surface area contributed by atoms with Gasteiger partial charge in [-0.25, -0.2) is 4.39 Å². The molecular formula is C25H32FN3O2S. The van der Waals surface area contributed by atoms with Crippen molar-refractivity contribution < 1.29 is 14.4 Å². The maximum Gasteiger partial charge on any atom is 0.225 e. The average molecular weight is 458 g/mol. The molecule has 7 heteroatoms. The van der Waals surface area contributed by atoms with Crippen LogP contribution in [0.3, 0.4) is 0 Å². The Kier molecular flexibility index (Phi) is 6.03. The fourth-order valence-corrected chi connectivity index (χ4v) is 7.94. The van der Waals surface area contributed by atoms with Crippen molar-refractivity contribution in [3.8, 4) is 0 Å². The van der Waals surface area contributed by atoms with Crippen LogP contribution in [0, 0.1) is 29.0 Å². The number of nitrogens with zero attached hydrogens (tertiary/aromatic N) is 2. The molecule has 5 rings (SSSR count). The second kappa shape index (κ2) is 8.81. The van der Waals surface area contributed by atoms with Gasteiger partial charge in [0.15, 0.2) is 5.17 Å². The van der Waals surface area contributed by atoms with Gasteiger partial charge in [-0.15, -0.1) is 0 Å². The van der Waals surface area contributed by atoms with Gasteiger partial charge in [0.2, 0.25) is 5.91 Å². The SMILES string of the molecule is C[C@]12CCC3c4cccc(F)c4CCC3C1[C@H](CCCC(=O)NC1=NCCS1)C/C2=N\O. The molecule has 2 saturated carbocycles. The third kappa shape index (κ3) is 3.76. The number of hydrogen-bond donors (Lipinski definition) is 2. The van der Waals surface area contributed by atoms with Crippen LogP contribution in [0.1, 0.15) is 68.9 Å². The fourth-order valence-electron chi connectivity index (χ4n) is 7.19. The summed E-state index contributed by atoms with van der Waals surface area (Å²) in [5.74, 6) is 2.60. The number of amides is 1. The first-order valence-electron chi connectivity index (χ1n) is 12.0. The number of halogens is 1. The number of hydrogen-bond acceptors (Lipinski definition) is 5. The molecule has 5 atom stereocenters. The fraction of sp³-hybridized carbons (Fsp3) is 0.640. The summed E-state index contributed by atoms with van der Waals surface area (Å²) < 4.78 is 14.5. The average Bonchev–Trinajstić information content (AvgIpc) is 3.39. The Morgan fingerprint density at radius 3 is 3.06 bits per heavy atom. The molecule has 0 radical (unpaired) electrons. The first kappa shape index (κ1) is 21.9. The number of rotatable bonds is 4. The summed E-state index contributed by atoms with van der Waals surface area (Å²) in [6.07, 6.45) is 6.84. The molecule has 1 amide bonds. The van der Waals surface area contributed by atoms with Crippen LogP contribution in [0.25, 0.3) is 0 Å². The van der Waals surface area contributed by atoms with Crippen molar-refractivity contribution in [2.75, 3.05) is 12.3 Å². The number of amidine groups is 1. The lowest BCUT2D eigenvalue weighted by Gasteiger charge is -2.50. The van der Waals surface area contributed by atoms with Crippen molar-refractivity contribution in [1.29, 1.82) is 0 Å². The van der Waals surface area contributed by atoms with E-state index in [1.807, 2.05) is 6.07 Å². The van der Waals surface area contributed by atoms with Crippen molar-refractivity contribution in [3.63, 3.8) is 0 Å². The number of carbonyl (C=O) groups is 1. The van der Waals surface area contributed by atoms with Crippen molar-refractivity contribution in [2.45, 2.75) is 64.2 Å². The summed E-state index contributed by atoms with van der Waals surface area (Å²) in [7, 11) is 0. The van der Waals surface area contributed by atoms with Gasteiger partial charge in [-0.2, -0.15) is 0 Å². The molecule has 1 aromatic rings. The second-order valence-electron chi connectivity index (χ2n) is 10.1. The van der Waals surface area contributed by atoms with Crippen LogP contribution in [0.15, 0.2) is 28.3 Å². The molecule has 172 valence electrons. The summed E-state index contributed by atoms with van der Waals surface area (Å²) in [6.45, 7) is 3.05. The minimum absolute atomic E-state index is 0.0403. The maximum absolute atomic E-state index is 14.5. The summed E-state index contributed by atoms with van der Waals surface area (Å²) in [4.78, 5) is 16.6. The lowest BCUT2D eigenvalue weighted by atomic mass is 9.54. The Labute approximate surface area is 193 Å². The van der Waals surface area contributed by atoms with E-state index in [-0.39, 0.29) is 17.1 Å². The van der Waals surface area contributed by atoms with Gasteiger partial charge in [0, 0.05) is 17.6 Å². The van der Waals surface area contributed by atoms with Crippen LogP contribution >= 0.6 is 11.8 Å². The van der Waals surface area contributed by atoms with E-state index in [4.69, 9.17) is 0 Å². The first-order valence-corrected chi connectivity index (χ1v) is 13.0. The van der Waals surface area contributed by atoms with Gasteiger partial charge < -0.3 is 10.5 Å². The molecule has 5 nitrogen and oxygen atoms in total. The number of nitrogens with one attached hydrogen (secondary N) is 1. The van der Waals surface area contributed by atoms with E-state index in [0.29, 0.717) is 30.1 Å². The summed E-state index contributed by atoms with van der Waals surface area (Å²) in [6, 6.07) is 5.56. The summed E-state index contributed by atoms with van der Waals surface area (Å²) in [5.41, 5.74) is 2.94. The highest BCUT2D eigenvalue weighted by Crippen LogP contribution is 2.62. The predicted molar refractivity (Wildman–Crippen MR) is 126 cm³/mol. The smallest absolute Gasteiger partial charge is 0.225 e. The van der Waals surface area contributed by atoms with Crippen LogP contribution in [0.4, 0.5) is 4.39 Å². The Balaban J connectivity index is 1.31. The Hall–Kier alpha value is -1.89. The highest BCUT2D eigenvalue weighted by molar-refractivity contribution is 8.14. The lowest BCUT2D eigenvalue weighted by Crippen LogP contribution is -2.44. The zero-order chi connectivity index (χ0) is 22.3. The van der Waals surface area contributed by atoms with E-state index < -0.39 is 0 Å². The minimum Gasteiger partial charge on any atom is -0.411 e. The molecule has 1 heterocycles. The van der Waals surface area contributed by atoms with E-state index in [2.05, 4.69) is 28.5 Å². The molecule has 32 heavy (non-hydrogen) atoms. The van der Waals surface area contributed by atoms with Crippen LogP contribution in [-0.2, 0) is 11.2 Å². The topological polar surface area (TPSA) is 74.0 Å². The second-order valence-corrected chi connectivity index (χ2v) is 11.2. The number of benzene rings is 1. The van der Waals surface area contributed by atoms with Gasteiger partial charge in [0.25, 0.3) is 0 Å². The third-order valence-corrected chi connectivity index (χ3v) is 9.42. The monoisotopic (exact) mass is 457 g/mol. The Morgan fingerprint density at radius 1 is 1.41 bits per heavy atom. The molecular weight excluding hydrogens is 425 g/mol. The molecule has 0 saturated heterocycles. The molecule has 4 aliphatic rings. The predicted octanol–water partition coefficient (Wildman–Crippen LogP) is 5.13. The highest BCUT2D eigenvalue weighted by atomic mass is 32.2. The summed E-state index contributed by atoms with van der Waals surface area (Å²) >= 11 is 1.60. The standard InChI is InChI=1S/C25H32FN3O2S/c1-25-11-10-17-16-5-3-6-20(26)18(16)8-9-19(17)23(25)15(14-21(25)29-31)4-2-7-22(30)28-24-27-12-13-32-24/h3,5-6,15,17,19,23,31H,2,4,7-14H2,1H3,(H,27,28,30)/b29-21+/t15-,17?,19?,23?,25-/m1/s1. The third-order valence-electron chi connectivity index (χ3n) is 8.52. The van der Waals surface area contributed by atoms with Crippen molar-refractivity contribution in [3.05, 3.63) is 35.1 Å². The molecule has 2 N–H and O–H groups in total. The summed E-state index contributed by atoms with van der Waals surface area (Å²) in [5, 5.41) is 17.2. The molecule has 1 aliphatic heterocycles. The van der Waals surface area contributed by atoms with E-state index in [1.54, 1.807) is 17.8 Å². The number of carbonyl (C=O) groups excluding carboxylic acids is 1. The largest absolute Gasteiger partial charge is 0.411 e. The molecule has 0 aromatic heterocycles. The van der Waals surface area contributed by atoms with Crippen LogP contribution < -0.4 is 5.32 Å². The van der Waals surface area contributed by atoms with E-state index in [9.17, 15) is 14.4 Å². The van der Waals surface area contributed by atoms with Crippen LogP contribution in [-0.4, -0.2) is 34.3 Å². The molecule has 1 aromatic carbocycles. The van der Waals surface area contributed by atoms with Gasteiger partial charge in [-0.05, 0) is 85.8 Å². The highest BCUT2D eigenvalue weighted by Gasteiger charge is 2.57. The van der Waals surface area contributed by atoms with E-state index in [0.717, 1.165) is 73.7 Å². The van der Waals surface area contributed by atoms with E-state index in [1.165, 1.54) is 5.56 Å². The van der Waals surface area contributed by atoms with Gasteiger partial charge in [-0.3, -0.25) is 9.79 Å². The first-order chi connectivity index (χ1) is 15.5. The van der Waals surface area contributed by atoms with Crippen molar-refractivity contribution in [1.82, 2.24) is 5.32 Å². The number of thioether (sulfide) groups is 1. The maximum atomic E-state index is 14.5. The van der Waals surface area contributed by atoms with Crippen molar-refractivity contribution in [2.24, 2.45) is 33.3 Å². The van der Waals surface area contributed by atoms with Gasteiger partial charge >= 0.3 is 0 Å². The zero-order valence-electron chi connectivity index (χ0n) is 18.6. The lowest BCUT2D eigenvalue weighted by molar-refractivity contribution is -0.119. The Morgan fingerprint density at radius 2 is 2.28 bits per heavy atom. The Bertz CT molecular complexity index is 965. The normalized spacial score (nSPS) is 34.6. The molecule has 3 aliphatic carbocycles. The van der Waals surface area contributed by atoms with Gasteiger partial charge in [0.05, 0.1) is 12.3 Å².